The number of carbonyl (C=O) groups excluding carboxylic acids is 1. The number of unbranched alkanes of at least 4 members (excludes halogenated alkanes) is 5. The molecule has 1 fully saturated rings. The molecule has 1 amide bonds. The van der Waals surface area contributed by atoms with Crippen LogP contribution >= 0.6 is 0 Å². The number of hydrogen-bond donors (Lipinski definition) is 2. The predicted octanol–water partition coefficient (Wildman–Crippen LogP) is 4.15. The third kappa shape index (κ3) is 7.90. The van der Waals surface area contributed by atoms with Crippen molar-refractivity contribution in [2.75, 3.05) is 6.54 Å². The van der Waals surface area contributed by atoms with Crippen LogP contribution in [0.4, 0.5) is 0 Å². The Morgan fingerprint density at radius 1 is 1.23 bits per heavy atom. The van der Waals surface area contributed by atoms with Gasteiger partial charge in [0.1, 0.15) is 0 Å². The summed E-state index contributed by atoms with van der Waals surface area (Å²) in [4.78, 5) is 25.1. The lowest BCUT2D eigenvalue weighted by molar-refractivity contribution is -0.137. The SMILES string of the molecule is CCCCC[C@@H](O)C=CC1CC(C)(C)C(=O)N1CCCCCCC(=O)O. The molecule has 1 aliphatic heterocycles. The van der Waals surface area contributed by atoms with Crippen LogP contribution in [0, 0.1) is 5.41 Å². The largest absolute Gasteiger partial charge is 0.481 e. The standard InChI is InChI=1S/C21H37NO4/c1-4-5-8-11-18(23)14-13-17-16-21(2,3)20(26)22(17)15-10-7-6-9-12-19(24)25/h13-14,17-18,23H,4-12,15-16H2,1-3H3,(H,24,25)/t17?,18-/m1/s1. The van der Waals surface area contributed by atoms with Crippen LogP contribution in [0.15, 0.2) is 12.2 Å². The molecule has 0 bridgehead atoms. The second-order valence-corrected chi connectivity index (χ2v) is 8.16. The summed E-state index contributed by atoms with van der Waals surface area (Å²) < 4.78 is 0. The Morgan fingerprint density at radius 2 is 1.92 bits per heavy atom. The van der Waals surface area contributed by atoms with Gasteiger partial charge in [-0.15, -0.1) is 0 Å². The molecule has 0 aliphatic carbocycles. The molecule has 1 unspecified atom stereocenters. The van der Waals surface area contributed by atoms with Crippen molar-refractivity contribution < 1.29 is 19.8 Å². The average Bonchev–Trinajstić information content (AvgIpc) is 2.78. The number of carbonyl (C=O) groups is 2. The highest BCUT2D eigenvalue weighted by Crippen LogP contribution is 2.36. The number of carboxylic acids is 1. The molecule has 0 saturated carbocycles. The van der Waals surface area contributed by atoms with Gasteiger partial charge in [-0.25, -0.2) is 0 Å². The molecular formula is C21H37NO4. The van der Waals surface area contributed by atoms with E-state index >= 15 is 0 Å². The highest BCUT2D eigenvalue weighted by atomic mass is 16.4. The summed E-state index contributed by atoms with van der Waals surface area (Å²) in [6.45, 7) is 6.83. The molecule has 150 valence electrons. The average molecular weight is 368 g/mol. The number of carboxylic acid groups (broad SMARTS) is 1. The summed E-state index contributed by atoms with van der Waals surface area (Å²) in [5.41, 5.74) is -0.356. The van der Waals surface area contributed by atoms with Crippen molar-refractivity contribution in [3.8, 4) is 0 Å². The first kappa shape index (κ1) is 22.7. The highest BCUT2D eigenvalue weighted by Gasteiger charge is 2.43. The van der Waals surface area contributed by atoms with Crippen LogP contribution in [0.5, 0.6) is 0 Å². The fraction of sp³-hybridized carbons (Fsp3) is 0.810. The second-order valence-electron chi connectivity index (χ2n) is 8.16. The van der Waals surface area contributed by atoms with Crippen molar-refractivity contribution in [2.24, 2.45) is 5.41 Å². The fourth-order valence-electron chi connectivity index (χ4n) is 3.57. The molecule has 1 rings (SSSR count). The van der Waals surface area contributed by atoms with Gasteiger partial charge in [0.2, 0.25) is 5.91 Å². The maximum absolute atomic E-state index is 12.7. The van der Waals surface area contributed by atoms with E-state index in [1.54, 1.807) is 0 Å². The Morgan fingerprint density at radius 3 is 2.58 bits per heavy atom. The van der Waals surface area contributed by atoms with E-state index in [1.807, 2.05) is 30.9 Å². The number of aliphatic carboxylic acids is 1. The van der Waals surface area contributed by atoms with Gasteiger partial charge in [0.05, 0.1) is 12.1 Å². The van der Waals surface area contributed by atoms with Crippen LogP contribution in [0.1, 0.15) is 85.0 Å². The number of nitrogens with zero attached hydrogens (tertiary/aromatic N) is 1. The molecule has 0 spiro atoms. The molecule has 26 heavy (non-hydrogen) atoms. The van der Waals surface area contributed by atoms with Crippen molar-refractivity contribution in [2.45, 2.75) is 97.1 Å². The van der Waals surface area contributed by atoms with Gasteiger partial charge in [-0.3, -0.25) is 9.59 Å². The second kappa shape index (κ2) is 11.4. The lowest BCUT2D eigenvalue weighted by atomic mass is 9.89. The molecule has 5 nitrogen and oxygen atoms in total. The summed E-state index contributed by atoms with van der Waals surface area (Å²) in [5.74, 6) is -0.567. The van der Waals surface area contributed by atoms with Crippen LogP contribution in [0.2, 0.25) is 0 Å². The first-order valence-corrected chi connectivity index (χ1v) is 10.2. The Kier molecular flexibility index (Phi) is 9.92. The normalized spacial score (nSPS) is 20.8. The number of likely N-dealkylation sites (tertiary alicyclic amines) is 1. The molecule has 0 aromatic carbocycles. The van der Waals surface area contributed by atoms with E-state index in [1.165, 1.54) is 0 Å². The van der Waals surface area contributed by atoms with Crippen molar-refractivity contribution in [1.82, 2.24) is 4.90 Å². The Labute approximate surface area is 158 Å². The number of hydrogen-bond acceptors (Lipinski definition) is 3. The van der Waals surface area contributed by atoms with Gasteiger partial charge in [0.25, 0.3) is 0 Å². The predicted molar refractivity (Wildman–Crippen MR) is 104 cm³/mol. The van der Waals surface area contributed by atoms with Gasteiger partial charge >= 0.3 is 5.97 Å². The summed E-state index contributed by atoms with van der Waals surface area (Å²) in [5, 5.41) is 18.8. The minimum atomic E-state index is -0.746. The molecule has 2 N–H and O–H groups in total. The van der Waals surface area contributed by atoms with Crippen LogP contribution in [0.25, 0.3) is 0 Å². The Balaban J connectivity index is 2.48. The van der Waals surface area contributed by atoms with Crippen molar-refractivity contribution >= 4 is 11.9 Å². The maximum Gasteiger partial charge on any atom is 0.303 e. The molecule has 5 heteroatoms. The molecule has 0 aromatic rings. The highest BCUT2D eigenvalue weighted by molar-refractivity contribution is 5.85. The van der Waals surface area contributed by atoms with Crippen molar-refractivity contribution in [1.29, 1.82) is 0 Å². The molecule has 1 aliphatic rings. The lowest BCUT2D eigenvalue weighted by Gasteiger charge is -2.23. The first-order chi connectivity index (χ1) is 12.3. The third-order valence-electron chi connectivity index (χ3n) is 5.16. The summed E-state index contributed by atoms with van der Waals surface area (Å²) in [7, 11) is 0. The molecule has 0 radical (unpaired) electrons. The molecular weight excluding hydrogens is 330 g/mol. The van der Waals surface area contributed by atoms with Crippen LogP contribution in [-0.2, 0) is 9.59 Å². The molecule has 2 atom stereocenters. The molecule has 1 heterocycles. The van der Waals surface area contributed by atoms with Gasteiger partial charge < -0.3 is 15.1 Å². The van der Waals surface area contributed by atoms with Crippen molar-refractivity contribution in [3.05, 3.63) is 12.2 Å². The number of rotatable bonds is 13. The van der Waals surface area contributed by atoms with Gasteiger partial charge in [-0.1, -0.05) is 65.0 Å². The Hall–Kier alpha value is -1.36. The van der Waals surface area contributed by atoms with Gasteiger partial charge in [0, 0.05) is 18.4 Å². The maximum atomic E-state index is 12.7. The van der Waals surface area contributed by atoms with E-state index in [-0.39, 0.29) is 23.8 Å². The topological polar surface area (TPSA) is 77.8 Å². The van der Waals surface area contributed by atoms with Crippen LogP contribution < -0.4 is 0 Å². The van der Waals surface area contributed by atoms with Crippen molar-refractivity contribution in [3.63, 3.8) is 0 Å². The van der Waals surface area contributed by atoms with E-state index in [0.717, 1.165) is 51.4 Å². The van der Waals surface area contributed by atoms with E-state index in [0.29, 0.717) is 13.0 Å². The zero-order chi connectivity index (χ0) is 19.6. The zero-order valence-electron chi connectivity index (χ0n) is 16.7. The summed E-state index contributed by atoms with van der Waals surface area (Å²) in [6.07, 6.45) is 11.9. The van der Waals surface area contributed by atoms with E-state index in [4.69, 9.17) is 5.11 Å². The lowest BCUT2D eigenvalue weighted by Crippen LogP contribution is -2.35. The number of amides is 1. The smallest absolute Gasteiger partial charge is 0.303 e. The summed E-state index contributed by atoms with van der Waals surface area (Å²) >= 11 is 0. The van der Waals surface area contributed by atoms with Crippen LogP contribution in [-0.4, -0.2) is 45.7 Å². The number of aliphatic hydroxyl groups excluding tert-OH is 1. The van der Waals surface area contributed by atoms with E-state index < -0.39 is 12.1 Å². The fourth-order valence-corrected chi connectivity index (χ4v) is 3.57. The minimum Gasteiger partial charge on any atom is -0.481 e. The number of aliphatic hydroxyl groups is 1. The minimum absolute atomic E-state index is 0.0531. The first-order valence-electron chi connectivity index (χ1n) is 10.2. The monoisotopic (exact) mass is 367 g/mol. The van der Waals surface area contributed by atoms with Gasteiger partial charge in [0.15, 0.2) is 0 Å². The Bertz CT molecular complexity index is 473. The molecule has 0 aromatic heterocycles. The quantitative estimate of drug-likeness (QED) is 0.379. The van der Waals surface area contributed by atoms with E-state index in [2.05, 4.69) is 6.92 Å². The third-order valence-corrected chi connectivity index (χ3v) is 5.16. The van der Waals surface area contributed by atoms with Crippen LogP contribution in [0.3, 0.4) is 0 Å². The van der Waals surface area contributed by atoms with Gasteiger partial charge in [-0.05, 0) is 25.7 Å². The van der Waals surface area contributed by atoms with Gasteiger partial charge in [-0.2, -0.15) is 0 Å². The molecule has 1 saturated heterocycles. The zero-order valence-corrected chi connectivity index (χ0v) is 16.7. The van der Waals surface area contributed by atoms with E-state index in [9.17, 15) is 14.7 Å². The summed E-state index contributed by atoms with van der Waals surface area (Å²) in [6, 6.07) is 0.0531.